The highest BCUT2D eigenvalue weighted by Gasteiger charge is 2.15. The molecule has 0 radical (unpaired) electrons. The molecule has 4 nitrogen and oxygen atoms in total. The highest BCUT2D eigenvalue weighted by molar-refractivity contribution is 7.89. The van der Waals surface area contributed by atoms with Crippen LogP contribution in [0.2, 0.25) is 0 Å². The second kappa shape index (κ2) is 6.87. The van der Waals surface area contributed by atoms with Gasteiger partial charge < -0.3 is 5.11 Å². The minimum Gasteiger partial charge on any atom is -0.388 e. The second-order valence-electron chi connectivity index (χ2n) is 4.25. The Morgan fingerprint density at radius 1 is 1.33 bits per heavy atom. The molecule has 1 aromatic carbocycles. The van der Waals surface area contributed by atoms with Gasteiger partial charge in [-0.3, -0.25) is 0 Å². The quantitative estimate of drug-likeness (QED) is 0.747. The summed E-state index contributed by atoms with van der Waals surface area (Å²) < 4.78 is 26.5. The van der Waals surface area contributed by atoms with Crippen molar-refractivity contribution in [3.8, 4) is 0 Å². The Balaban J connectivity index is 2.88. The molecule has 1 rings (SSSR count). The predicted octanol–water partition coefficient (Wildman–Crippen LogP) is 2.21. The van der Waals surface area contributed by atoms with Gasteiger partial charge in [-0.25, -0.2) is 13.1 Å². The third-order valence-electron chi connectivity index (χ3n) is 2.76. The Kier molecular flexibility index (Phi) is 5.78. The van der Waals surface area contributed by atoms with Crippen molar-refractivity contribution in [2.75, 3.05) is 6.54 Å². The molecule has 1 unspecified atom stereocenters. The average Bonchev–Trinajstić information content (AvgIpc) is 2.38. The SMILES string of the molecule is CCCCNS(=O)(=O)c1cccc(C(O)CC)c1. The number of rotatable bonds is 7. The van der Waals surface area contributed by atoms with E-state index in [9.17, 15) is 13.5 Å². The zero-order valence-corrected chi connectivity index (χ0v) is 11.7. The lowest BCUT2D eigenvalue weighted by Crippen LogP contribution is -2.24. The minimum absolute atomic E-state index is 0.212. The van der Waals surface area contributed by atoms with E-state index in [0.717, 1.165) is 12.8 Å². The molecule has 0 heterocycles. The predicted molar refractivity (Wildman–Crippen MR) is 71.8 cm³/mol. The Bertz CT molecular complexity index is 471. The van der Waals surface area contributed by atoms with Crippen LogP contribution >= 0.6 is 0 Å². The van der Waals surface area contributed by atoms with Crippen LogP contribution in [0.25, 0.3) is 0 Å². The van der Waals surface area contributed by atoms with Gasteiger partial charge in [-0.05, 0) is 30.5 Å². The Hall–Kier alpha value is -0.910. The maximum absolute atomic E-state index is 12.0. The molecule has 0 aromatic heterocycles. The molecule has 2 N–H and O–H groups in total. The summed E-state index contributed by atoms with van der Waals surface area (Å²) in [5, 5.41) is 9.72. The molecule has 5 heteroatoms. The van der Waals surface area contributed by atoms with Crippen LogP contribution in [-0.4, -0.2) is 20.1 Å². The van der Waals surface area contributed by atoms with Crippen LogP contribution < -0.4 is 4.72 Å². The van der Waals surface area contributed by atoms with Crippen molar-refractivity contribution in [1.29, 1.82) is 0 Å². The van der Waals surface area contributed by atoms with E-state index in [0.29, 0.717) is 18.5 Å². The fourth-order valence-corrected chi connectivity index (χ4v) is 2.72. The Morgan fingerprint density at radius 2 is 2.06 bits per heavy atom. The summed E-state index contributed by atoms with van der Waals surface area (Å²) in [7, 11) is -3.46. The Morgan fingerprint density at radius 3 is 2.67 bits per heavy atom. The van der Waals surface area contributed by atoms with Crippen LogP contribution in [0.15, 0.2) is 29.2 Å². The smallest absolute Gasteiger partial charge is 0.240 e. The standard InChI is InChI=1S/C13H21NO3S/c1-3-5-9-14-18(16,17)12-8-6-7-11(10-12)13(15)4-2/h6-8,10,13-15H,3-5,9H2,1-2H3. The largest absolute Gasteiger partial charge is 0.388 e. The van der Waals surface area contributed by atoms with Gasteiger partial charge in [0.2, 0.25) is 10.0 Å². The first kappa shape index (κ1) is 15.1. The molecule has 0 spiro atoms. The van der Waals surface area contributed by atoms with Crippen LogP contribution in [0.5, 0.6) is 0 Å². The summed E-state index contributed by atoms with van der Waals surface area (Å²) in [6.07, 6.45) is 1.70. The molecule has 0 aliphatic rings. The van der Waals surface area contributed by atoms with Crippen LogP contribution in [0.1, 0.15) is 44.8 Å². The van der Waals surface area contributed by atoms with E-state index in [1.54, 1.807) is 18.2 Å². The van der Waals surface area contributed by atoms with Gasteiger partial charge >= 0.3 is 0 Å². The second-order valence-corrected chi connectivity index (χ2v) is 6.01. The molecule has 0 bridgehead atoms. The maximum atomic E-state index is 12.0. The van der Waals surface area contributed by atoms with Crippen molar-refractivity contribution in [3.05, 3.63) is 29.8 Å². The average molecular weight is 271 g/mol. The zero-order chi connectivity index (χ0) is 13.6. The topological polar surface area (TPSA) is 66.4 Å². The van der Waals surface area contributed by atoms with Crippen molar-refractivity contribution in [1.82, 2.24) is 4.72 Å². The Labute approximate surface area is 109 Å². The van der Waals surface area contributed by atoms with Crippen molar-refractivity contribution in [2.24, 2.45) is 0 Å². The van der Waals surface area contributed by atoms with E-state index in [-0.39, 0.29) is 4.90 Å². The molecule has 0 saturated heterocycles. The number of unbranched alkanes of at least 4 members (excludes halogenated alkanes) is 1. The van der Waals surface area contributed by atoms with Crippen LogP contribution in [0.3, 0.4) is 0 Å². The van der Waals surface area contributed by atoms with E-state index in [2.05, 4.69) is 4.72 Å². The number of benzene rings is 1. The summed E-state index contributed by atoms with van der Waals surface area (Å²) in [5.74, 6) is 0. The number of hydrogen-bond donors (Lipinski definition) is 2. The number of sulfonamides is 1. The number of nitrogens with one attached hydrogen (secondary N) is 1. The van der Waals surface area contributed by atoms with Crippen molar-refractivity contribution in [3.63, 3.8) is 0 Å². The van der Waals surface area contributed by atoms with Crippen molar-refractivity contribution in [2.45, 2.75) is 44.1 Å². The fraction of sp³-hybridized carbons (Fsp3) is 0.538. The van der Waals surface area contributed by atoms with E-state index in [4.69, 9.17) is 0 Å². The molecule has 0 saturated carbocycles. The summed E-state index contributed by atoms with van der Waals surface area (Å²) in [5.41, 5.74) is 0.635. The van der Waals surface area contributed by atoms with E-state index in [1.165, 1.54) is 6.07 Å². The maximum Gasteiger partial charge on any atom is 0.240 e. The van der Waals surface area contributed by atoms with Gasteiger partial charge in [-0.2, -0.15) is 0 Å². The van der Waals surface area contributed by atoms with Gasteiger partial charge in [-0.1, -0.05) is 32.4 Å². The van der Waals surface area contributed by atoms with Gasteiger partial charge in [0.05, 0.1) is 11.0 Å². The normalized spacial score (nSPS) is 13.5. The van der Waals surface area contributed by atoms with Gasteiger partial charge in [-0.15, -0.1) is 0 Å². The molecule has 102 valence electrons. The third-order valence-corrected chi connectivity index (χ3v) is 4.22. The number of aliphatic hydroxyl groups is 1. The fourth-order valence-electron chi connectivity index (χ4n) is 1.59. The molecule has 0 aliphatic heterocycles. The lowest BCUT2D eigenvalue weighted by molar-refractivity contribution is 0.173. The van der Waals surface area contributed by atoms with Gasteiger partial charge in [0.25, 0.3) is 0 Å². The van der Waals surface area contributed by atoms with Crippen molar-refractivity contribution < 1.29 is 13.5 Å². The highest BCUT2D eigenvalue weighted by Crippen LogP contribution is 2.19. The van der Waals surface area contributed by atoms with Crippen molar-refractivity contribution >= 4 is 10.0 Å². The zero-order valence-electron chi connectivity index (χ0n) is 10.9. The molecule has 18 heavy (non-hydrogen) atoms. The van der Waals surface area contributed by atoms with Crippen LogP contribution in [-0.2, 0) is 10.0 Å². The van der Waals surface area contributed by atoms with Gasteiger partial charge in [0.1, 0.15) is 0 Å². The van der Waals surface area contributed by atoms with E-state index >= 15 is 0 Å². The highest BCUT2D eigenvalue weighted by atomic mass is 32.2. The lowest BCUT2D eigenvalue weighted by atomic mass is 10.1. The van der Waals surface area contributed by atoms with E-state index in [1.807, 2.05) is 13.8 Å². The van der Waals surface area contributed by atoms with Crippen LogP contribution in [0.4, 0.5) is 0 Å². The number of hydrogen-bond acceptors (Lipinski definition) is 3. The minimum atomic E-state index is -3.46. The first-order chi connectivity index (χ1) is 8.51. The molecule has 0 fully saturated rings. The van der Waals surface area contributed by atoms with Crippen LogP contribution in [0, 0.1) is 0 Å². The molecule has 1 aromatic rings. The van der Waals surface area contributed by atoms with Gasteiger partial charge in [0.15, 0.2) is 0 Å². The summed E-state index contributed by atoms with van der Waals surface area (Å²) >= 11 is 0. The molecule has 0 amide bonds. The lowest BCUT2D eigenvalue weighted by Gasteiger charge is -2.11. The van der Waals surface area contributed by atoms with Gasteiger partial charge in [0, 0.05) is 6.54 Å². The summed E-state index contributed by atoms with van der Waals surface area (Å²) in [6, 6.07) is 6.46. The monoisotopic (exact) mass is 271 g/mol. The third kappa shape index (κ3) is 4.08. The molecular formula is C13H21NO3S. The molecule has 0 aliphatic carbocycles. The first-order valence-electron chi connectivity index (χ1n) is 6.29. The molecule has 1 atom stereocenters. The first-order valence-corrected chi connectivity index (χ1v) is 7.77. The summed E-state index contributed by atoms with van der Waals surface area (Å²) in [4.78, 5) is 0.212. The number of aliphatic hydroxyl groups excluding tert-OH is 1. The van der Waals surface area contributed by atoms with E-state index < -0.39 is 16.1 Å². The summed E-state index contributed by atoms with van der Waals surface area (Å²) in [6.45, 7) is 4.30. The molecular weight excluding hydrogens is 250 g/mol.